The fraction of sp³-hybridized carbons (Fsp3) is 1.00. The van der Waals surface area contributed by atoms with Crippen molar-refractivity contribution in [1.29, 1.82) is 0 Å². The van der Waals surface area contributed by atoms with E-state index in [4.69, 9.17) is 0 Å². The smallest absolute Gasteiger partial charge is 0.0223 e. The van der Waals surface area contributed by atoms with Crippen LogP contribution in [0.3, 0.4) is 0 Å². The second-order valence-corrected chi connectivity index (χ2v) is 5.72. The Hall–Kier alpha value is -0.120. The van der Waals surface area contributed by atoms with Crippen LogP contribution in [0.15, 0.2) is 0 Å². The van der Waals surface area contributed by atoms with Crippen molar-refractivity contribution in [3.8, 4) is 0 Å². The van der Waals surface area contributed by atoms with Crippen molar-refractivity contribution in [2.45, 2.75) is 51.1 Å². The van der Waals surface area contributed by atoms with Crippen molar-refractivity contribution in [2.24, 2.45) is 0 Å². The minimum atomic E-state index is 0.688. The van der Waals surface area contributed by atoms with Crippen LogP contribution in [0.25, 0.3) is 0 Å². The van der Waals surface area contributed by atoms with E-state index in [1.807, 2.05) is 0 Å². The molecule has 1 N–H and O–H groups in total. The molecule has 17 heavy (non-hydrogen) atoms. The Bertz CT molecular complexity index is 220. The first-order valence-electron chi connectivity index (χ1n) is 7.47. The first-order chi connectivity index (χ1) is 8.33. The number of rotatable bonds is 5. The molecule has 2 unspecified atom stereocenters. The third-order valence-electron chi connectivity index (χ3n) is 4.41. The number of nitrogens with one attached hydrogen (secondary N) is 1. The normalized spacial score (nSPS) is 28.9. The highest BCUT2D eigenvalue weighted by Crippen LogP contribution is 2.21. The SMILES string of the molecule is CCCC(CN1CCCN2CCCC2C1)NC. The van der Waals surface area contributed by atoms with Gasteiger partial charge in [0, 0.05) is 25.2 Å². The average Bonchev–Trinajstić information content (AvgIpc) is 2.68. The van der Waals surface area contributed by atoms with Gasteiger partial charge < -0.3 is 10.2 Å². The molecular formula is C14H29N3. The predicted molar refractivity (Wildman–Crippen MR) is 73.4 cm³/mol. The molecule has 2 atom stereocenters. The largest absolute Gasteiger partial charge is 0.316 e. The van der Waals surface area contributed by atoms with Crippen LogP contribution < -0.4 is 5.32 Å². The van der Waals surface area contributed by atoms with Crippen molar-refractivity contribution in [3.05, 3.63) is 0 Å². The number of fused-ring (bicyclic) bond motifs is 1. The average molecular weight is 239 g/mol. The lowest BCUT2D eigenvalue weighted by molar-refractivity contribution is 0.204. The highest BCUT2D eigenvalue weighted by molar-refractivity contribution is 4.86. The van der Waals surface area contributed by atoms with Gasteiger partial charge in [0.2, 0.25) is 0 Å². The molecule has 2 heterocycles. The maximum atomic E-state index is 3.48. The molecule has 0 aromatic carbocycles. The van der Waals surface area contributed by atoms with Crippen LogP contribution in [0, 0.1) is 0 Å². The van der Waals surface area contributed by atoms with E-state index in [0.29, 0.717) is 6.04 Å². The van der Waals surface area contributed by atoms with Gasteiger partial charge in [-0.15, -0.1) is 0 Å². The zero-order valence-electron chi connectivity index (χ0n) is 11.6. The summed E-state index contributed by atoms with van der Waals surface area (Å²) in [6.07, 6.45) is 6.80. The van der Waals surface area contributed by atoms with E-state index in [-0.39, 0.29) is 0 Å². The Labute approximate surface area is 107 Å². The molecule has 0 spiro atoms. The van der Waals surface area contributed by atoms with Gasteiger partial charge in [-0.05, 0) is 52.4 Å². The Morgan fingerprint density at radius 2 is 2.06 bits per heavy atom. The summed E-state index contributed by atoms with van der Waals surface area (Å²) in [4.78, 5) is 5.42. The lowest BCUT2D eigenvalue weighted by Crippen LogP contribution is -2.43. The standard InChI is InChI=1S/C14H29N3/c1-3-6-13(15-2)11-16-8-5-10-17-9-4-7-14(17)12-16/h13-15H,3-12H2,1-2H3. The summed E-state index contributed by atoms with van der Waals surface area (Å²) >= 11 is 0. The number of hydrogen-bond acceptors (Lipinski definition) is 3. The monoisotopic (exact) mass is 239 g/mol. The van der Waals surface area contributed by atoms with E-state index in [0.717, 1.165) is 6.04 Å². The topological polar surface area (TPSA) is 18.5 Å². The van der Waals surface area contributed by atoms with Crippen molar-refractivity contribution in [3.63, 3.8) is 0 Å². The predicted octanol–water partition coefficient (Wildman–Crippen LogP) is 1.54. The highest BCUT2D eigenvalue weighted by atomic mass is 15.3. The van der Waals surface area contributed by atoms with Crippen LogP contribution in [0.1, 0.15) is 39.0 Å². The van der Waals surface area contributed by atoms with E-state index in [2.05, 4.69) is 29.1 Å². The highest BCUT2D eigenvalue weighted by Gasteiger charge is 2.29. The van der Waals surface area contributed by atoms with Gasteiger partial charge in [0.1, 0.15) is 0 Å². The molecule has 2 rings (SSSR count). The van der Waals surface area contributed by atoms with Crippen molar-refractivity contribution in [2.75, 3.05) is 39.8 Å². The maximum absolute atomic E-state index is 3.48. The molecule has 0 amide bonds. The zero-order valence-corrected chi connectivity index (χ0v) is 11.6. The van der Waals surface area contributed by atoms with E-state index in [1.54, 1.807) is 0 Å². The van der Waals surface area contributed by atoms with Gasteiger partial charge >= 0.3 is 0 Å². The van der Waals surface area contributed by atoms with Gasteiger partial charge in [-0.3, -0.25) is 4.90 Å². The molecule has 3 nitrogen and oxygen atoms in total. The third kappa shape index (κ3) is 3.67. The molecule has 0 aromatic heterocycles. The van der Waals surface area contributed by atoms with Gasteiger partial charge in [0.05, 0.1) is 0 Å². The number of nitrogens with zero attached hydrogens (tertiary/aromatic N) is 2. The summed E-state index contributed by atoms with van der Waals surface area (Å²) in [7, 11) is 2.11. The molecule has 2 aliphatic rings. The summed E-state index contributed by atoms with van der Waals surface area (Å²) in [5.74, 6) is 0. The van der Waals surface area contributed by atoms with E-state index >= 15 is 0 Å². The summed E-state index contributed by atoms with van der Waals surface area (Å²) < 4.78 is 0. The van der Waals surface area contributed by atoms with E-state index in [1.165, 1.54) is 64.8 Å². The fourth-order valence-electron chi connectivity index (χ4n) is 3.44. The number of likely N-dealkylation sites (N-methyl/N-ethyl adjacent to an activating group) is 1. The van der Waals surface area contributed by atoms with Gasteiger partial charge in [-0.25, -0.2) is 0 Å². The van der Waals surface area contributed by atoms with Crippen LogP contribution in [-0.2, 0) is 0 Å². The Morgan fingerprint density at radius 1 is 1.24 bits per heavy atom. The molecule has 0 radical (unpaired) electrons. The molecular weight excluding hydrogens is 210 g/mol. The Balaban J connectivity index is 1.83. The molecule has 100 valence electrons. The Kier molecular flexibility index (Phi) is 5.26. The molecule has 2 fully saturated rings. The second kappa shape index (κ2) is 6.72. The fourth-order valence-corrected chi connectivity index (χ4v) is 3.44. The van der Waals surface area contributed by atoms with Crippen LogP contribution in [-0.4, -0.2) is 61.7 Å². The van der Waals surface area contributed by atoms with Crippen molar-refractivity contribution < 1.29 is 0 Å². The molecule has 0 saturated carbocycles. The molecule has 3 heteroatoms. The number of hydrogen-bond donors (Lipinski definition) is 1. The second-order valence-electron chi connectivity index (χ2n) is 5.72. The minimum absolute atomic E-state index is 0.688. The van der Waals surface area contributed by atoms with Crippen LogP contribution >= 0.6 is 0 Å². The van der Waals surface area contributed by atoms with Gasteiger partial charge in [-0.2, -0.15) is 0 Å². The summed E-state index contributed by atoms with van der Waals surface area (Å²) in [5.41, 5.74) is 0. The van der Waals surface area contributed by atoms with E-state index in [9.17, 15) is 0 Å². The minimum Gasteiger partial charge on any atom is -0.316 e. The summed E-state index contributed by atoms with van der Waals surface area (Å²) in [5, 5.41) is 3.48. The van der Waals surface area contributed by atoms with Gasteiger partial charge in [-0.1, -0.05) is 13.3 Å². The summed E-state index contributed by atoms with van der Waals surface area (Å²) in [6.45, 7) is 8.82. The first-order valence-corrected chi connectivity index (χ1v) is 7.47. The quantitative estimate of drug-likeness (QED) is 0.785. The van der Waals surface area contributed by atoms with E-state index < -0.39 is 0 Å². The summed E-state index contributed by atoms with van der Waals surface area (Å²) in [6, 6.07) is 1.55. The molecule has 0 aromatic rings. The van der Waals surface area contributed by atoms with Crippen LogP contribution in [0.4, 0.5) is 0 Å². The lowest BCUT2D eigenvalue weighted by atomic mass is 10.1. The first kappa shape index (κ1) is 13.3. The van der Waals surface area contributed by atoms with Crippen molar-refractivity contribution in [1.82, 2.24) is 15.1 Å². The molecule has 2 saturated heterocycles. The van der Waals surface area contributed by atoms with Crippen LogP contribution in [0.2, 0.25) is 0 Å². The van der Waals surface area contributed by atoms with Gasteiger partial charge in [0.15, 0.2) is 0 Å². The van der Waals surface area contributed by atoms with Crippen molar-refractivity contribution >= 4 is 0 Å². The molecule has 0 aliphatic carbocycles. The lowest BCUT2D eigenvalue weighted by Gasteiger charge is -2.28. The Morgan fingerprint density at radius 3 is 2.82 bits per heavy atom. The molecule has 2 aliphatic heterocycles. The third-order valence-corrected chi connectivity index (χ3v) is 4.41. The molecule has 0 bridgehead atoms. The van der Waals surface area contributed by atoms with Crippen LogP contribution in [0.5, 0.6) is 0 Å². The maximum Gasteiger partial charge on any atom is 0.0223 e. The van der Waals surface area contributed by atoms with Gasteiger partial charge in [0.25, 0.3) is 0 Å². The zero-order chi connectivity index (χ0) is 12.1.